The van der Waals surface area contributed by atoms with E-state index in [4.69, 9.17) is 16.3 Å². The summed E-state index contributed by atoms with van der Waals surface area (Å²) in [4.78, 5) is 12.6. The van der Waals surface area contributed by atoms with Crippen molar-refractivity contribution in [2.24, 2.45) is 5.41 Å². The van der Waals surface area contributed by atoms with Crippen LogP contribution in [0.15, 0.2) is 24.3 Å². The number of carbonyl (C=O) groups is 1. The molecule has 0 aliphatic heterocycles. The summed E-state index contributed by atoms with van der Waals surface area (Å²) in [5.41, 5.74) is -0.0796. The van der Waals surface area contributed by atoms with Crippen LogP contribution in [0.25, 0.3) is 0 Å². The lowest BCUT2D eigenvalue weighted by atomic mass is 9.74. The molecule has 0 aromatic heterocycles. The quantitative estimate of drug-likeness (QED) is 0.843. The van der Waals surface area contributed by atoms with Crippen molar-refractivity contribution in [3.8, 4) is 0 Å². The Morgan fingerprint density at radius 3 is 2.60 bits per heavy atom. The molecule has 1 fully saturated rings. The maximum Gasteiger partial charge on any atom is 0.332 e. The number of rotatable bonds is 4. The second-order valence-electron chi connectivity index (χ2n) is 5.97. The van der Waals surface area contributed by atoms with Crippen molar-refractivity contribution in [1.82, 2.24) is 0 Å². The number of benzene rings is 1. The molecular formula is C16H22ClNO2. The number of anilines is 1. The first kappa shape index (κ1) is 15.2. The Bertz CT molecular complexity index is 501. The van der Waals surface area contributed by atoms with Crippen LogP contribution in [0.1, 0.15) is 40.0 Å². The molecule has 1 aromatic carbocycles. The van der Waals surface area contributed by atoms with E-state index in [9.17, 15) is 4.79 Å². The van der Waals surface area contributed by atoms with Crippen LogP contribution < -0.4 is 5.32 Å². The molecule has 0 radical (unpaired) electrons. The molecule has 0 heterocycles. The summed E-state index contributed by atoms with van der Waals surface area (Å²) < 4.78 is 5.33. The van der Waals surface area contributed by atoms with Gasteiger partial charge in [0.2, 0.25) is 0 Å². The molecule has 0 bridgehead atoms. The van der Waals surface area contributed by atoms with Crippen LogP contribution in [0.4, 0.5) is 5.69 Å². The second-order valence-corrected chi connectivity index (χ2v) is 6.38. The van der Waals surface area contributed by atoms with Crippen LogP contribution in [0.2, 0.25) is 5.02 Å². The molecule has 1 unspecified atom stereocenters. The molecular weight excluding hydrogens is 274 g/mol. The zero-order valence-electron chi connectivity index (χ0n) is 12.3. The number of ether oxygens (including phenoxy) is 1. The molecule has 1 N–H and O–H groups in total. The van der Waals surface area contributed by atoms with Gasteiger partial charge in [0.05, 0.1) is 17.3 Å². The lowest BCUT2D eigenvalue weighted by Gasteiger charge is -2.40. The monoisotopic (exact) mass is 295 g/mol. The summed E-state index contributed by atoms with van der Waals surface area (Å²) in [6, 6.07) is 7.52. The minimum absolute atomic E-state index is 0.168. The van der Waals surface area contributed by atoms with Crippen LogP contribution in [0, 0.1) is 5.41 Å². The van der Waals surface area contributed by atoms with Gasteiger partial charge < -0.3 is 10.1 Å². The van der Waals surface area contributed by atoms with Gasteiger partial charge in [-0.25, -0.2) is 4.79 Å². The molecule has 1 aromatic rings. The number of para-hydroxylation sites is 1. The van der Waals surface area contributed by atoms with Crippen LogP contribution >= 0.6 is 11.6 Å². The van der Waals surface area contributed by atoms with Gasteiger partial charge in [-0.1, -0.05) is 37.6 Å². The van der Waals surface area contributed by atoms with E-state index in [0.29, 0.717) is 11.6 Å². The van der Waals surface area contributed by atoms with Gasteiger partial charge in [0.25, 0.3) is 0 Å². The van der Waals surface area contributed by atoms with Crippen molar-refractivity contribution in [3.05, 3.63) is 29.3 Å². The van der Waals surface area contributed by atoms with Crippen molar-refractivity contribution < 1.29 is 9.53 Å². The Balaban J connectivity index is 2.38. The largest absolute Gasteiger partial charge is 0.464 e. The van der Waals surface area contributed by atoms with Crippen LogP contribution in [0.5, 0.6) is 0 Å². The van der Waals surface area contributed by atoms with Crippen molar-refractivity contribution in [2.45, 2.75) is 45.6 Å². The van der Waals surface area contributed by atoms with Crippen LogP contribution in [-0.4, -0.2) is 18.1 Å². The van der Waals surface area contributed by atoms with Crippen LogP contribution in [0.3, 0.4) is 0 Å². The molecule has 0 spiro atoms. The van der Waals surface area contributed by atoms with E-state index in [1.807, 2.05) is 31.2 Å². The Hall–Kier alpha value is -1.22. The van der Waals surface area contributed by atoms with Crippen molar-refractivity contribution in [3.63, 3.8) is 0 Å². The molecule has 0 amide bonds. The van der Waals surface area contributed by atoms with E-state index in [0.717, 1.165) is 24.9 Å². The topological polar surface area (TPSA) is 38.3 Å². The number of halogens is 1. The van der Waals surface area contributed by atoms with E-state index in [-0.39, 0.29) is 11.4 Å². The highest BCUT2D eigenvalue weighted by molar-refractivity contribution is 6.33. The Morgan fingerprint density at radius 2 is 2.05 bits per heavy atom. The lowest BCUT2D eigenvalue weighted by molar-refractivity contribution is -0.151. The zero-order chi connectivity index (χ0) is 14.8. The van der Waals surface area contributed by atoms with Gasteiger partial charge >= 0.3 is 5.97 Å². The predicted molar refractivity (Wildman–Crippen MR) is 82.1 cm³/mol. The van der Waals surface area contributed by atoms with Gasteiger partial charge in [-0.05, 0) is 43.7 Å². The number of esters is 1. The molecule has 1 atom stereocenters. The fourth-order valence-corrected chi connectivity index (χ4v) is 3.24. The van der Waals surface area contributed by atoms with E-state index >= 15 is 0 Å². The SMILES string of the molecule is CCOC(=O)C1(Nc2ccccc2Cl)CCCC1(C)C. The average Bonchev–Trinajstić information content (AvgIpc) is 2.69. The maximum absolute atomic E-state index is 12.6. The van der Waals surface area contributed by atoms with Gasteiger partial charge in [0.1, 0.15) is 5.54 Å². The van der Waals surface area contributed by atoms with Crippen molar-refractivity contribution in [1.29, 1.82) is 0 Å². The molecule has 1 saturated carbocycles. The van der Waals surface area contributed by atoms with Crippen molar-refractivity contribution in [2.75, 3.05) is 11.9 Å². The predicted octanol–water partition coefficient (Wildman–Crippen LogP) is 4.26. The van der Waals surface area contributed by atoms with E-state index in [2.05, 4.69) is 19.2 Å². The number of hydrogen-bond donors (Lipinski definition) is 1. The summed E-state index contributed by atoms with van der Waals surface area (Å²) in [5.74, 6) is -0.178. The summed E-state index contributed by atoms with van der Waals surface area (Å²) in [5, 5.41) is 4.01. The average molecular weight is 296 g/mol. The van der Waals surface area contributed by atoms with E-state index in [1.165, 1.54) is 0 Å². The number of nitrogens with one attached hydrogen (secondary N) is 1. The second kappa shape index (κ2) is 5.65. The molecule has 0 saturated heterocycles. The summed E-state index contributed by atoms with van der Waals surface area (Å²) in [6.45, 7) is 6.45. The third-order valence-corrected chi connectivity index (χ3v) is 4.68. The summed E-state index contributed by atoms with van der Waals surface area (Å²) in [7, 11) is 0. The lowest BCUT2D eigenvalue weighted by Crippen LogP contribution is -2.54. The van der Waals surface area contributed by atoms with Gasteiger partial charge in [-0.2, -0.15) is 0 Å². The maximum atomic E-state index is 12.6. The molecule has 1 aliphatic rings. The highest BCUT2D eigenvalue weighted by Crippen LogP contribution is 2.49. The minimum Gasteiger partial charge on any atom is -0.464 e. The van der Waals surface area contributed by atoms with Gasteiger partial charge in [-0.15, -0.1) is 0 Å². The van der Waals surface area contributed by atoms with Gasteiger partial charge in [0.15, 0.2) is 0 Å². The third kappa shape index (κ3) is 2.51. The molecule has 110 valence electrons. The molecule has 3 nitrogen and oxygen atoms in total. The molecule has 2 rings (SSSR count). The first-order chi connectivity index (χ1) is 9.43. The smallest absolute Gasteiger partial charge is 0.332 e. The van der Waals surface area contributed by atoms with E-state index in [1.54, 1.807) is 0 Å². The zero-order valence-corrected chi connectivity index (χ0v) is 13.1. The highest BCUT2D eigenvalue weighted by Gasteiger charge is 2.55. The standard InChI is InChI=1S/C16H22ClNO2/c1-4-20-14(19)16(11-7-10-15(16,2)3)18-13-9-6-5-8-12(13)17/h5-6,8-9,18H,4,7,10-11H2,1-3H3. The normalized spacial score (nSPS) is 24.4. The summed E-state index contributed by atoms with van der Waals surface area (Å²) >= 11 is 6.22. The Morgan fingerprint density at radius 1 is 1.35 bits per heavy atom. The molecule has 4 heteroatoms. The van der Waals surface area contributed by atoms with Crippen molar-refractivity contribution >= 4 is 23.3 Å². The number of carbonyl (C=O) groups excluding carboxylic acids is 1. The first-order valence-corrected chi connectivity index (χ1v) is 7.51. The highest BCUT2D eigenvalue weighted by atomic mass is 35.5. The van der Waals surface area contributed by atoms with Gasteiger partial charge in [-0.3, -0.25) is 0 Å². The molecule has 20 heavy (non-hydrogen) atoms. The fraction of sp³-hybridized carbons (Fsp3) is 0.562. The Labute approximate surface area is 125 Å². The molecule has 1 aliphatic carbocycles. The minimum atomic E-state index is -0.700. The van der Waals surface area contributed by atoms with Crippen LogP contribution in [-0.2, 0) is 9.53 Å². The summed E-state index contributed by atoms with van der Waals surface area (Å²) in [6.07, 6.45) is 2.76. The first-order valence-electron chi connectivity index (χ1n) is 7.13. The number of hydrogen-bond acceptors (Lipinski definition) is 3. The Kier molecular flexibility index (Phi) is 4.28. The van der Waals surface area contributed by atoms with Gasteiger partial charge in [0, 0.05) is 0 Å². The fourth-order valence-electron chi connectivity index (χ4n) is 3.06. The van der Waals surface area contributed by atoms with E-state index < -0.39 is 5.54 Å². The third-order valence-electron chi connectivity index (χ3n) is 4.35.